The van der Waals surface area contributed by atoms with Crippen molar-refractivity contribution in [2.75, 3.05) is 38.2 Å². The molecule has 13 heteroatoms. The van der Waals surface area contributed by atoms with Gasteiger partial charge in [0.15, 0.2) is 6.29 Å². The molecule has 2 saturated heterocycles. The first-order valence-corrected chi connectivity index (χ1v) is 19.3. The van der Waals surface area contributed by atoms with Crippen LogP contribution in [0.15, 0.2) is 59.6 Å². The van der Waals surface area contributed by atoms with E-state index in [1.165, 1.54) is 35.7 Å². The Bertz CT molecular complexity index is 1630. The molecule has 272 valence electrons. The van der Waals surface area contributed by atoms with Gasteiger partial charge in [-0.25, -0.2) is 13.2 Å². The number of ether oxygens (including phenoxy) is 3. The van der Waals surface area contributed by atoms with E-state index in [1.807, 2.05) is 44.2 Å². The molecule has 4 N–H and O–H groups in total. The average molecular weight is 711 g/mol. The normalized spacial score (nSPS) is 24.2. The number of rotatable bonds is 14. The van der Waals surface area contributed by atoms with E-state index in [4.69, 9.17) is 14.2 Å². The maximum Gasteiger partial charge on any atom is 0.407 e. The Morgan fingerprint density at radius 2 is 1.86 bits per heavy atom. The van der Waals surface area contributed by atoms with Crippen LogP contribution in [-0.4, -0.2) is 87.2 Å². The van der Waals surface area contributed by atoms with Crippen LogP contribution in [0.3, 0.4) is 0 Å². The van der Waals surface area contributed by atoms with Gasteiger partial charge in [-0.1, -0.05) is 63.4 Å². The first-order valence-electron chi connectivity index (χ1n) is 17.9. The Hall–Kier alpha value is -3.49. The summed E-state index contributed by atoms with van der Waals surface area (Å²) in [5, 5.41) is 20.6. The van der Waals surface area contributed by atoms with E-state index in [9.17, 15) is 23.1 Å². The van der Waals surface area contributed by atoms with Gasteiger partial charge in [0.25, 0.3) is 5.91 Å². The number of aliphatic hydroxyl groups is 1. The van der Waals surface area contributed by atoms with Gasteiger partial charge in [-0.2, -0.15) is 4.31 Å². The topological polar surface area (TPSA) is 156 Å². The first kappa shape index (κ1) is 36.3. The molecule has 12 nitrogen and oxygen atoms in total. The fourth-order valence-electron chi connectivity index (χ4n) is 7.37. The van der Waals surface area contributed by atoms with Gasteiger partial charge in [0.1, 0.15) is 6.10 Å². The smallest absolute Gasteiger partial charge is 0.407 e. The average Bonchev–Trinajstić information content (AvgIpc) is 3.80. The van der Waals surface area contributed by atoms with E-state index >= 15 is 0 Å². The lowest BCUT2D eigenvalue weighted by Crippen LogP contribution is -2.51. The fourth-order valence-corrected chi connectivity index (χ4v) is 9.02. The van der Waals surface area contributed by atoms with Crippen molar-refractivity contribution in [3.05, 3.63) is 65.9 Å². The van der Waals surface area contributed by atoms with E-state index in [1.54, 1.807) is 12.3 Å². The first-order chi connectivity index (χ1) is 24.1. The standard InChI is InChI=1S/C37H50N4O8S/c1-24(2)21-41(50(45,46)27-13-14-31-29(18-27)30(35(43)39-31)20-38-19-26-11-7-4-8-12-26)22-33(42)32(17-25-9-5-3-6-10-25)40-37(44)49-34-23-48-36-28(34)15-16-47-36/h3,5-6,9-10,13-14,18,20,24,26,28,32-34,36,38,42H,4,7-8,11-12,15-17,19,21-23H2,1-2H3,(H,39,43)(H,40,44). The van der Waals surface area contributed by atoms with E-state index in [2.05, 4.69) is 16.0 Å². The highest BCUT2D eigenvalue weighted by Gasteiger charge is 2.44. The summed E-state index contributed by atoms with van der Waals surface area (Å²) in [5.74, 6) is 0.150. The maximum atomic E-state index is 14.3. The van der Waals surface area contributed by atoms with Crippen LogP contribution in [0.1, 0.15) is 63.5 Å². The van der Waals surface area contributed by atoms with Crippen LogP contribution in [-0.2, 0) is 35.4 Å². The second-order valence-corrected chi connectivity index (χ2v) is 16.3. The zero-order chi connectivity index (χ0) is 35.3. The van der Waals surface area contributed by atoms with Gasteiger partial charge in [0.2, 0.25) is 10.0 Å². The summed E-state index contributed by atoms with van der Waals surface area (Å²) in [6.07, 6.45) is 5.83. The Labute approximate surface area is 295 Å². The number of alkyl carbamates (subject to hydrolysis) is 1. The molecule has 0 radical (unpaired) electrons. The van der Waals surface area contributed by atoms with E-state index in [0.29, 0.717) is 29.3 Å². The number of fused-ring (bicyclic) bond motifs is 2. The van der Waals surface area contributed by atoms with Crippen LogP contribution in [0.5, 0.6) is 0 Å². The molecule has 0 aromatic heterocycles. The molecule has 3 fully saturated rings. The van der Waals surface area contributed by atoms with Gasteiger partial charge in [0, 0.05) is 37.1 Å². The molecule has 1 aliphatic carbocycles. The van der Waals surface area contributed by atoms with Crippen molar-refractivity contribution in [3.63, 3.8) is 0 Å². The maximum absolute atomic E-state index is 14.3. The number of aliphatic hydroxyl groups excluding tert-OH is 1. The summed E-state index contributed by atoms with van der Waals surface area (Å²) < 4.78 is 46.7. The van der Waals surface area contributed by atoms with Crippen molar-refractivity contribution in [3.8, 4) is 0 Å². The molecule has 5 atom stereocenters. The van der Waals surface area contributed by atoms with E-state index < -0.39 is 34.4 Å². The molecule has 0 bridgehead atoms. The molecule has 4 aliphatic rings. The number of sulfonamides is 1. The lowest BCUT2D eigenvalue weighted by atomic mass is 9.89. The Kier molecular flexibility index (Phi) is 11.8. The van der Waals surface area contributed by atoms with E-state index in [0.717, 1.165) is 31.4 Å². The number of carbonyl (C=O) groups is 2. The molecule has 3 heterocycles. The highest BCUT2D eigenvalue weighted by Crippen LogP contribution is 2.35. The Morgan fingerprint density at radius 1 is 1.08 bits per heavy atom. The monoisotopic (exact) mass is 710 g/mol. The van der Waals surface area contributed by atoms with Gasteiger partial charge < -0.3 is 35.3 Å². The minimum absolute atomic E-state index is 0.0142. The van der Waals surface area contributed by atoms with Crippen molar-refractivity contribution < 1.29 is 37.3 Å². The highest BCUT2D eigenvalue weighted by molar-refractivity contribution is 7.89. The van der Waals surface area contributed by atoms with Crippen LogP contribution in [0.4, 0.5) is 10.5 Å². The van der Waals surface area contributed by atoms with Crippen molar-refractivity contribution in [2.45, 2.75) is 88.2 Å². The molecular formula is C37H50N4O8S. The molecule has 2 amide bonds. The zero-order valence-corrected chi connectivity index (χ0v) is 29.7. The van der Waals surface area contributed by atoms with Crippen molar-refractivity contribution in [2.24, 2.45) is 17.8 Å². The molecular weight excluding hydrogens is 660 g/mol. The zero-order valence-electron chi connectivity index (χ0n) is 28.9. The quantitative estimate of drug-likeness (QED) is 0.211. The van der Waals surface area contributed by atoms with Crippen LogP contribution in [0.25, 0.3) is 5.57 Å². The Balaban J connectivity index is 1.19. The van der Waals surface area contributed by atoms with Crippen molar-refractivity contribution in [1.29, 1.82) is 0 Å². The van der Waals surface area contributed by atoms with Crippen LogP contribution < -0.4 is 16.0 Å². The number of anilines is 1. The van der Waals surface area contributed by atoms with Crippen LogP contribution in [0, 0.1) is 17.8 Å². The Morgan fingerprint density at radius 3 is 2.62 bits per heavy atom. The molecule has 6 rings (SSSR count). The third-order valence-corrected chi connectivity index (χ3v) is 11.9. The summed E-state index contributed by atoms with van der Waals surface area (Å²) in [6.45, 7) is 5.19. The predicted molar refractivity (Wildman–Crippen MR) is 188 cm³/mol. The summed E-state index contributed by atoms with van der Waals surface area (Å²) in [4.78, 5) is 26.1. The summed E-state index contributed by atoms with van der Waals surface area (Å²) in [5.41, 5.74) is 2.30. The second-order valence-electron chi connectivity index (χ2n) is 14.3. The summed E-state index contributed by atoms with van der Waals surface area (Å²) >= 11 is 0. The van der Waals surface area contributed by atoms with Crippen molar-refractivity contribution >= 4 is 33.3 Å². The fraction of sp³-hybridized carbons (Fsp3) is 0.568. The van der Waals surface area contributed by atoms with Gasteiger partial charge in [-0.05, 0) is 61.3 Å². The second kappa shape index (κ2) is 16.2. The number of benzene rings is 2. The van der Waals surface area contributed by atoms with Crippen LogP contribution >= 0.6 is 0 Å². The third kappa shape index (κ3) is 8.68. The molecule has 5 unspecified atom stereocenters. The lowest BCUT2D eigenvalue weighted by Gasteiger charge is -2.31. The largest absolute Gasteiger partial charge is 0.443 e. The number of hydrogen-bond acceptors (Lipinski definition) is 9. The predicted octanol–water partition coefficient (Wildman–Crippen LogP) is 4.26. The van der Waals surface area contributed by atoms with E-state index in [-0.39, 0.29) is 55.0 Å². The summed E-state index contributed by atoms with van der Waals surface area (Å²) in [7, 11) is -4.14. The molecule has 3 aliphatic heterocycles. The minimum atomic E-state index is -4.14. The highest BCUT2D eigenvalue weighted by atomic mass is 32.2. The summed E-state index contributed by atoms with van der Waals surface area (Å²) in [6, 6.07) is 13.1. The molecule has 0 spiro atoms. The van der Waals surface area contributed by atoms with Crippen molar-refractivity contribution in [1.82, 2.24) is 14.9 Å². The SMILES string of the molecule is CC(C)CN(CC(O)C(Cc1ccccc1)NC(=O)OC1COC2OCCC12)S(=O)(=O)c1ccc2c(c1)C(=CNCC1CCCCC1)C(=O)N2. The van der Waals surface area contributed by atoms with Gasteiger partial charge in [-0.3, -0.25) is 4.79 Å². The number of nitrogens with one attached hydrogen (secondary N) is 3. The van der Waals surface area contributed by atoms with Crippen LogP contribution in [0.2, 0.25) is 0 Å². The third-order valence-electron chi connectivity index (χ3n) is 10.1. The molecule has 1 saturated carbocycles. The molecule has 2 aromatic carbocycles. The number of nitrogens with zero attached hydrogens (tertiary/aromatic N) is 1. The van der Waals surface area contributed by atoms with Gasteiger partial charge >= 0.3 is 6.09 Å². The lowest BCUT2D eigenvalue weighted by molar-refractivity contribution is -0.110. The molecule has 2 aromatic rings. The number of amides is 2. The number of carbonyl (C=O) groups excluding carboxylic acids is 2. The van der Waals surface area contributed by atoms with Gasteiger partial charge in [-0.15, -0.1) is 0 Å². The minimum Gasteiger partial charge on any atom is -0.443 e. The molecule has 50 heavy (non-hydrogen) atoms. The number of hydrogen-bond donors (Lipinski definition) is 4. The van der Waals surface area contributed by atoms with Gasteiger partial charge in [0.05, 0.1) is 41.7 Å².